The number of hydrogen-bond donors (Lipinski definition) is 0. The topological polar surface area (TPSA) is 29.5 Å². The van der Waals surface area contributed by atoms with Crippen LogP contribution in [0.25, 0.3) is 0 Å². The van der Waals surface area contributed by atoms with Crippen molar-refractivity contribution in [2.45, 2.75) is 37.3 Å². The molecule has 0 bridgehead atoms. The molecule has 0 N–H and O–H groups in total. The highest BCUT2D eigenvalue weighted by Gasteiger charge is 2.47. The molecule has 0 aromatic heterocycles. The SMILES string of the molecule is CN(C)[C@H]1CC[C@@]2(CC1)OC(=O)c1ccccc12.Cl. The smallest absolute Gasteiger partial charge is 0.339 e. The van der Waals surface area contributed by atoms with Crippen LogP contribution in [0.5, 0.6) is 0 Å². The molecule has 3 nitrogen and oxygen atoms in total. The number of carbonyl (C=O) groups is 1. The number of hydrogen-bond acceptors (Lipinski definition) is 3. The predicted octanol–water partition coefficient (Wildman–Crippen LogP) is 2.98. The third-order valence-corrected chi connectivity index (χ3v) is 4.42. The second kappa shape index (κ2) is 5.14. The van der Waals surface area contributed by atoms with Crippen LogP contribution in [0.2, 0.25) is 0 Å². The summed E-state index contributed by atoms with van der Waals surface area (Å²) in [6.45, 7) is 0. The molecule has 0 atom stereocenters. The van der Waals surface area contributed by atoms with E-state index in [0.717, 1.165) is 36.8 Å². The first-order valence-electron chi connectivity index (χ1n) is 6.62. The maximum absolute atomic E-state index is 11.9. The van der Waals surface area contributed by atoms with E-state index in [9.17, 15) is 4.79 Å². The van der Waals surface area contributed by atoms with Gasteiger partial charge in [-0.1, -0.05) is 18.2 Å². The van der Waals surface area contributed by atoms with Crippen LogP contribution in [0.4, 0.5) is 0 Å². The second-order valence-corrected chi connectivity index (χ2v) is 5.62. The zero-order chi connectivity index (χ0) is 12.8. The molecular formula is C15H20ClNO2. The van der Waals surface area contributed by atoms with Crippen molar-refractivity contribution in [1.29, 1.82) is 0 Å². The van der Waals surface area contributed by atoms with Crippen molar-refractivity contribution in [3.63, 3.8) is 0 Å². The minimum absolute atomic E-state index is 0. The summed E-state index contributed by atoms with van der Waals surface area (Å²) in [6, 6.07) is 8.45. The minimum atomic E-state index is -0.333. The van der Waals surface area contributed by atoms with E-state index in [4.69, 9.17) is 4.74 Å². The molecule has 19 heavy (non-hydrogen) atoms. The first-order valence-corrected chi connectivity index (χ1v) is 6.62. The number of ether oxygens (including phenoxy) is 1. The van der Waals surface area contributed by atoms with Gasteiger partial charge in [-0.2, -0.15) is 0 Å². The van der Waals surface area contributed by atoms with Gasteiger partial charge in [0.1, 0.15) is 5.60 Å². The summed E-state index contributed by atoms with van der Waals surface area (Å²) in [7, 11) is 4.24. The highest BCUT2D eigenvalue weighted by atomic mass is 35.5. The fourth-order valence-electron chi connectivity index (χ4n) is 3.30. The van der Waals surface area contributed by atoms with E-state index in [1.165, 1.54) is 0 Å². The average Bonchev–Trinajstić information content (AvgIpc) is 2.64. The van der Waals surface area contributed by atoms with Gasteiger partial charge in [0.05, 0.1) is 5.56 Å². The summed E-state index contributed by atoms with van der Waals surface area (Å²) in [6.07, 6.45) is 4.07. The largest absolute Gasteiger partial charge is 0.451 e. The van der Waals surface area contributed by atoms with Gasteiger partial charge in [-0.25, -0.2) is 4.79 Å². The molecule has 1 saturated carbocycles. The van der Waals surface area contributed by atoms with E-state index in [-0.39, 0.29) is 24.0 Å². The molecule has 2 aliphatic rings. The molecular weight excluding hydrogens is 262 g/mol. The van der Waals surface area contributed by atoms with Crippen LogP contribution < -0.4 is 0 Å². The molecule has 1 aromatic rings. The molecule has 1 aliphatic carbocycles. The van der Waals surface area contributed by atoms with E-state index in [1.807, 2.05) is 18.2 Å². The zero-order valence-corrected chi connectivity index (χ0v) is 12.2. The van der Waals surface area contributed by atoms with Gasteiger partial charge in [-0.3, -0.25) is 0 Å². The van der Waals surface area contributed by atoms with Crippen molar-refractivity contribution in [3.8, 4) is 0 Å². The molecule has 0 amide bonds. The van der Waals surface area contributed by atoms with Crippen LogP contribution >= 0.6 is 12.4 Å². The first-order chi connectivity index (χ1) is 8.62. The van der Waals surface area contributed by atoms with Crippen molar-refractivity contribution in [2.75, 3.05) is 14.1 Å². The molecule has 1 fully saturated rings. The Balaban J connectivity index is 0.00000133. The van der Waals surface area contributed by atoms with Crippen LogP contribution in [0.1, 0.15) is 41.6 Å². The maximum Gasteiger partial charge on any atom is 0.339 e. The fourth-order valence-corrected chi connectivity index (χ4v) is 3.30. The van der Waals surface area contributed by atoms with E-state index >= 15 is 0 Å². The maximum atomic E-state index is 11.9. The number of carbonyl (C=O) groups excluding carboxylic acids is 1. The van der Waals surface area contributed by atoms with E-state index in [2.05, 4.69) is 25.1 Å². The Labute approximate surface area is 120 Å². The molecule has 0 radical (unpaired) electrons. The normalized spacial score (nSPS) is 29.0. The molecule has 1 aromatic carbocycles. The van der Waals surface area contributed by atoms with Gasteiger partial charge in [0.2, 0.25) is 0 Å². The highest BCUT2D eigenvalue weighted by molar-refractivity contribution is 5.94. The van der Waals surface area contributed by atoms with Crippen molar-refractivity contribution in [2.24, 2.45) is 0 Å². The number of benzene rings is 1. The van der Waals surface area contributed by atoms with E-state index in [1.54, 1.807) is 0 Å². The lowest BCUT2D eigenvalue weighted by Crippen LogP contribution is -2.39. The quantitative estimate of drug-likeness (QED) is 0.741. The Kier molecular flexibility index (Phi) is 3.88. The monoisotopic (exact) mass is 281 g/mol. The van der Waals surface area contributed by atoms with Crippen LogP contribution in [0.15, 0.2) is 24.3 Å². The van der Waals surface area contributed by atoms with Crippen molar-refractivity contribution < 1.29 is 9.53 Å². The molecule has 0 saturated heterocycles. The van der Waals surface area contributed by atoms with Gasteiger partial charge in [-0.15, -0.1) is 12.4 Å². The number of nitrogens with zero attached hydrogens (tertiary/aromatic N) is 1. The van der Waals surface area contributed by atoms with Gasteiger partial charge in [0.25, 0.3) is 0 Å². The van der Waals surface area contributed by atoms with Crippen LogP contribution in [0, 0.1) is 0 Å². The Morgan fingerprint density at radius 3 is 2.47 bits per heavy atom. The van der Waals surface area contributed by atoms with E-state index in [0.29, 0.717) is 6.04 Å². The standard InChI is InChI=1S/C15H19NO2.ClH/c1-16(2)11-7-9-15(10-8-11)13-6-4-3-5-12(13)14(17)18-15;/h3-6,11H,7-10H2,1-2H3;1H/t11-,15-;. The number of halogens is 1. The highest BCUT2D eigenvalue weighted by Crippen LogP contribution is 2.47. The lowest BCUT2D eigenvalue weighted by Gasteiger charge is -2.38. The molecule has 4 heteroatoms. The molecule has 1 heterocycles. The summed E-state index contributed by atoms with van der Waals surface area (Å²) >= 11 is 0. The van der Waals surface area contributed by atoms with E-state index < -0.39 is 0 Å². The fraction of sp³-hybridized carbons (Fsp3) is 0.533. The van der Waals surface area contributed by atoms with Crippen molar-refractivity contribution >= 4 is 18.4 Å². The summed E-state index contributed by atoms with van der Waals surface area (Å²) in [5.41, 5.74) is 1.54. The summed E-state index contributed by atoms with van der Waals surface area (Å²) in [5, 5.41) is 0. The predicted molar refractivity (Wildman–Crippen MR) is 76.7 cm³/mol. The Hall–Kier alpha value is -1.06. The van der Waals surface area contributed by atoms with Crippen LogP contribution in [-0.4, -0.2) is 31.0 Å². The molecule has 3 rings (SSSR count). The van der Waals surface area contributed by atoms with Crippen molar-refractivity contribution in [1.82, 2.24) is 4.90 Å². The number of fused-ring (bicyclic) bond motifs is 2. The second-order valence-electron chi connectivity index (χ2n) is 5.62. The average molecular weight is 282 g/mol. The lowest BCUT2D eigenvalue weighted by molar-refractivity contribution is -0.0385. The van der Waals surface area contributed by atoms with Gasteiger partial charge in [0.15, 0.2) is 0 Å². The van der Waals surface area contributed by atoms with Gasteiger partial charge >= 0.3 is 5.97 Å². The molecule has 1 aliphatic heterocycles. The molecule has 104 valence electrons. The first kappa shape index (κ1) is 14.4. The van der Waals surface area contributed by atoms with Crippen molar-refractivity contribution in [3.05, 3.63) is 35.4 Å². The van der Waals surface area contributed by atoms with Gasteiger partial charge in [0, 0.05) is 11.6 Å². The number of rotatable bonds is 1. The lowest BCUT2D eigenvalue weighted by atomic mass is 9.77. The van der Waals surface area contributed by atoms with Gasteiger partial charge in [-0.05, 0) is 45.8 Å². The third kappa shape index (κ3) is 2.26. The Bertz CT molecular complexity index is 479. The zero-order valence-electron chi connectivity index (χ0n) is 11.4. The molecule has 0 unspecified atom stereocenters. The molecule has 1 spiro atoms. The van der Waals surface area contributed by atoms with Crippen LogP contribution in [-0.2, 0) is 10.3 Å². The third-order valence-electron chi connectivity index (χ3n) is 4.42. The summed E-state index contributed by atoms with van der Waals surface area (Å²) in [5.74, 6) is -0.145. The van der Waals surface area contributed by atoms with Gasteiger partial charge < -0.3 is 9.64 Å². The Morgan fingerprint density at radius 2 is 1.84 bits per heavy atom. The van der Waals surface area contributed by atoms with Crippen LogP contribution in [0.3, 0.4) is 0 Å². The summed E-state index contributed by atoms with van der Waals surface area (Å²) in [4.78, 5) is 14.2. The minimum Gasteiger partial charge on any atom is -0.451 e. The summed E-state index contributed by atoms with van der Waals surface area (Å²) < 4.78 is 5.73. The Morgan fingerprint density at radius 1 is 1.21 bits per heavy atom. The number of esters is 1.